The molecular formula is C27H33BrN6O5. The third-order valence-corrected chi connectivity index (χ3v) is 7.38. The van der Waals surface area contributed by atoms with Crippen molar-refractivity contribution in [2.75, 3.05) is 32.8 Å². The van der Waals surface area contributed by atoms with E-state index in [1.54, 1.807) is 15.7 Å². The van der Waals surface area contributed by atoms with Crippen molar-refractivity contribution in [1.29, 1.82) is 0 Å². The van der Waals surface area contributed by atoms with Gasteiger partial charge in [-0.25, -0.2) is 14.8 Å². The van der Waals surface area contributed by atoms with Crippen LogP contribution in [0.25, 0.3) is 11.2 Å². The number of aromatic nitrogens is 4. The van der Waals surface area contributed by atoms with Crippen LogP contribution in [0.2, 0.25) is 0 Å². The molecule has 2 aliphatic rings. The topological polar surface area (TPSA) is 112 Å². The summed E-state index contributed by atoms with van der Waals surface area (Å²) in [7, 11) is 0. The molecule has 0 unspecified atom stereocenters. The molecule has 1 amide bonds. The summed E-state index contributed by atoms with van der Waals surface area (Å²) in [6.45, 7) is 9.97. The molecule has 11 nitrogen and oxygen atoms in total. The molecule has 3 aromatic heterocycles. The third kappa shape index (κ3) is 6.50. The van der Waals surface area contributed by atoms with Gasteiger partial charge in [-0.3, -0.25) is 19.2 Å². The summed E-state index contributed by atoms with van der Waals surface area (Å²) >= 11 is 3.38. The third-order valence-electron chi connectivity index (χ3n) is 6.94. The van der Waals surface area contributed by atoms with Crippen molar-refractivity contribution in [3.8, 4) is 11.5 Å². The maximum absolute atomic E-state index is 13.3. The molecule has 2 aliphatic heterocycles. The first-order valence-electron chi connectivity index (χ1n) is 13.1. The van der Waals surface area contributed by atoms with Gasteiger partial charge in [0, 0.05) is 37.8 Å². The van der Waals surface area contributed by atoms with Crippen molar-refractivity contribution in [1.82, 2.24) is 29.3 Å². The van der Waals surface area contributed by atoms with Crippen LogP contribution < -0.4 is 15.0 Å². The summed E-state index contributed by atoms with van der Waals surface area (Å²) < 4.78 is 19.5. The Morgan fingerprint density at radius 1 is 1.10 bits per heavy atom. The molecule has 208 valence electrons. The Morgan fingerprint density at radius 2 is 1.85 bits per heavy atom. The number of pyridine rings is 2. The maximum Gasteiger partial charge on any atom is 0.410 e. The zero-order chi connectivity index (χ0) is 27.6. The van der Waals surface area contributed by atoms with Gasteiger partial charge in [0.05, 0.1) is 24.6 Å². The van der Waals surface area contributed by atoms with Crippen LogP contribution in [0.1, 0.15) is 39.3 Å². The van der Waals surface area contributed by atoms with Crippen molar-refractivity contribution < 1.29 is 19.0 Å². The van der Waals surface area contributed by atoms with Gasteiger partial charge in [-0.15, -0.1) is 0 Å². The van der Waals surface area contributed by atoms with Crippen LogP contribution in [-0.4, -0.2) is 79.9 Å². The fourth-order valence-corrected chi connectivity index (χ4v) is 5.04. The van der Waals surface area contributed by atoms with Crippen LogP contribution in [0.3, 0.4) is 0 Å². The summed E-state index contributed by atoms with van der Waals surface area (Å²) in [5.74, 6) is 1.26. The van der Waals surface area contributed by atoms with Gasteiger partial charge in [0.25, 0.3) is 5.56 Å². The summed E-state index contributed by atoms with van der Waals surface area (Å²) in [6.07, 6.45) is 3.90. The van der Waals surface area contributed by atoms with Gasteiger partial charge in [-0.05, 0) is 61.7 Å². The van der Waals surface area contributed by atoms with Crippen LogP contribution in [0, 0.1) is 0 Å². The Morgan fingerprint density at radius 3 is 2.59 bits per heavy atom. The number of piperidine rings is 1. The average Bonchev–Trinajstić information content (AvgIpc) is 2.91. The highest BCUT2D eigenvalue weighted by molar-refractivity contribution is 9.10. The van der Waals surface area contributed by atoms with E-state index < -0.39 is 5.54 Å². The highest BCUT2D eigenvalue weighted by Gasteiger charge is 2.32. The van der Waals surface area contributed by atoms with Crippen molar-refractivity contribution >= 4 is 33.2 Å². The predicted octanol–water partition coefficient (Wildman–Crippen LogP) is 3.62. The fourth-order valence-electron chi connectivity index (χ4n) is 4.74. The second kappa shape index (κ2) is 11.5. The van der Waals surface area contributed by atoms with Gasteiger partial charge in [0.1, 0.15) is 29.4 Å². The van der Waals surface area contributed by atoms with Gasteiger partial charge in [0.2, 0.25) is 0 Å². The smallest absolute Gasteiger partial charge is 0.410 e. The van der Waals surface area contributed by atoms with E-state index >= 15 is 0 Å². The first kappa shape index (κ1) is 27.3. The van der Waals surface area contributed by atoms with Crippen LogP contribution in [0.5, 0.6) is 11.5 Å². The van der Waals surface area contributed by atoms with E-state index in [2.05, 4.69) is 35.8 Å². The normalized spacial score (nSPS) is 16.3. The molecule has 0 bridgehead atoms. The monoisotopic (exact) mass is 600 g/mol. The number of rotatable bonds is 6. The lowest BCUT2D eigenvalue weighted by Gasteiger charge is -2.37. The van der Waals surface area contributed by atoms with E-state index in [0.717, 1.165) is 25.9 Å². The van der Waals surface area contributed by atoms with Crippen molar-refractivity contribution in [3.05, 3.63) is 51.2 Å². The summed E-state index contributed by atoms with van der Waals surface area (Å²) in [6, 6.07) is 5.47. The second-order valence-electron chi connectivity index (χ2n) is 10.7. The molecule has 0 atom stereocenters. The quantitative estimate of drug-likeness (QED) is 0.391. The summed E-state index contributed by atoms with van der Waals surface area (Å²) in [5.41, 5.74) is 1.32. The Balaban J connectivity index is 1.16. The minimum absolute atomic E-state index is 0.172. The van der Waals surface area contributed by atoms with Gasteiger partial charge in [-0.2, -0.15) is 0 Å². The van der Waals surface area contributed by atoms with Crippen molar-refractivity contribution in [2.24, 2.45) is 0 Å². The molecule has 5 heterocycles. The molecule has 1 fully saturated rings. The maximum atomic E-state index is 13.3. The summed E-state index contributed by atoms with van der Waals surface area (Å²) in [5, 5.41) is 0. The fraction of sp³-hybridized carbons (Fsp3) is 0.519. The minimum atomic E-state index is -0.462. The van der Waals surface area contributed by atoms with Gasteiger partial charge < -0.3 is 19.1 Å². The van der Waals surface area contributed by atoms with Gasteiger partial charge in [0.15, 0.2) is 17.1 Å². The standard InChI is InChI=1S/C27H33BrN6O5/c1-27(2,3)34(17-18-14-21-22(15-29-18)38-13-12-37-21)26(36)39-19-6-8-32(9-7-19)10-11-33-24(35)16-30-20-4-5-23(28)31-25(20)33/h4-5,14-16,19H,6-13,17H2,1-3H3. The van der Waals surface area contributed by atoms with Crippen molar-refractivity contribution in [3.63, 3.8) is 0 Å². The van der Waals surface area contributed by atoms with Gasteiger partial charge in [-0.1, -0.05) is 0 Å². The number of hydrogen-bond acceptors (Lipinski definition) is 9. The van der Waals surface area contributed by atoms with E-state index in [4.69, 9.17) is 14.2 Å². The van der Waals surface area contributed by atoms with E-state index in [1.807, 2.05) is 39.0 Å². The summed E-state index contributed by atoms with van der Waals surface area (Å²) in [4.78, 5) is 42.9. The Bertz CT molecular complexity index is 1400. The second-order valence-corrected chi connectivity index (χ2v) is 11.5. The van der Waals surface area contributed by atoms with Crippen LogP contribution in [0.4, 0.5) is 4.79 Å². The van der Waals surface area contributed by atoms with Crippen LogP contribution >= 0.6 is 15.9 Å². The van der Waals surface area contributed by atoms with Crippen LogP contribution in [0.15, 0.2) is 40.0 Å². The molecule has 0 radical (unpaired) electrons. The Kier molecular flexibility index (Phi) is 8.03. The molecule has 0 spiro atoms. The van der Waals surface area contributed by atoms with E-state index in [-0.39, 0.29) is 17.8 Å². The molecule has 0 saturated carbocycles. The van der Waals surface area contributed by atoms with Crippen LogP contribution in [-0.2, 0) is 17.8 Å². The zero-order valence-corrected chi connectivity index (χ0v) is 24.0. The molecule has 39 heavy (non-hydrogen) atoms. The molecule has 0 aliphatic carbocycles. The van der Waals surface area contributed by atoms with Crippen molar-refractivity contribution in [2.45, 2.75) is 58.3 Å². The average molecular weight is 602 g/mol. The SMILES string of the molecule is CC(C)(C)N(Cc1cc2c(cn1)OCCO2)C(=O)OC1CCN(CCn2c(=O)cnc3ccc(Br)nc32)CC1. The molecule has 1 saturated heterocycles. The molecule has 0 N–H and O–H groups in total. The number of halogens is 1. The first-order valence-corrected chi connectivity index (χ1v) is 13.9. The zero-order valence-electron chi connectivity index (χ0n) is 22.4. The molecule has 0 aromatic carbocycles. The lowest BCUT2D eigenvalue weighted by Crippen LogP contribution is -2.48. The number of amides is 1. The number of nitrogens with zero attached hydrogens (tertiary/aromatic N) is 6. The van der Waals surface area contributed by atoms with E-state index in [0.29, 0.717) is 65.8 Å². The van der Waals surface area contributed by atoms with Gasteiger partial charge >= 0.3 is 6.09 Å². The number of ether oxygens (including phenoxy) is 3. The molecule has 3 aromatic rings. The molecule has 12 heteroatoms. The number of carbonyl (C=O) groups excluding carboxylic acids is 1. The molecular weight excluding hydrogens is 568 g/mol. The lowest BCUT2D eigenvalue weighted by atomic mass is 10.1. The predicted molar refractivity (Wildman–Crippen MR) is 148 cm³/mol. The van der Waals surface area contributed by atoms with E-state index in [1.165, 1.54) is 6.20 Å². The number of carbonyl (C=O) groups is 1. The first-order chi connectivity index (χ1) is 18.7. The highest BCUT2D eigenvalue weighted by atomic mass is 79.9. The number of likely N-dealkylation sites (tertiary alicyclic amines) is 1. The Labute approximate surface area is 235 Å². The Hall–Kier alpha value is -3.25. The largest absolute Gasteiger partial charge is 0.486 e. The molecule has 5 rings (SSSR count). The minimum Gasteiger partial charge on any atom is -0.486 e. The van der Waals surface area contributed by atoms with E-state index in [9.17, 15) is 9.59 Å². The lowest BCUT2D eigenvalue weighted by molar-refractivity contribution is 0.00867. The highest BCUT2D eigenvalue weighted by Crippen LogP contribution is 2.30. The number of fused-ring (bicyclic) bond motifs is 2. The number of hydrogen-bond donors (Lipinski definition) is 0.